The van der Waals surface area contributed by atoms with Gasteiger partial charge in [-0.15, -0.1) is 0 Å². The largest absolute Gasteiger partial charge is 0.493 e. The van der Waals surface area contributed by atoms with Gasteiger partial charge in [0, 0.05) is 36.8 Å². The number of rotatable bonds is 9. The third kappa shape index (κ3) is 7.96. The molecule has 10 nitrogen and oxygen atoms in total. The van der Waals surface area contributed by atoms with Gasteiger partial charge in [0.15, 0.2) is 18.1 Å². The van der Waals surface area contributed by atoms with Gasteiger partial charge >= 0.3 is 0 Å². The Balaban J connectivity index is 1.54. The van der Waals surface area contributed by atoms with Crippen molar-refractivity contribution >= 4 is 34.9 Å². The number of benzene rings is 3. The first-order chi connectivity index (χ1) is 23.3. The summed E-state index contributed by atoms with van der Waals surface area (Å²) in [7, 11) is 1.45. The van der Waals surface area contributed by atoms with Crippen molar-refractivity contribution in [2.24, 2.45) is 11.8 Å². The van der Waals surface area contributed by atoms with Crippen LogP contribution in [-0.2, 0) is 19.2 Å². The molecule has 2 fully saturated rings. The van der Waals surface area contributed by atoms with Crippen molar-refractivity contribution in [3.05, 3.63) is 82.4 Å². The molecule has 1 saturated heterocycles. The molecule has 4 unspecified atom stereocenters. The lowest BCUT2D eigenvalue weighted by Crippen LogP contribution is -2.56. The van der Waals surface area contributed by atoms with Crippen LogP contribution < -0.4 is 20.1 Å². The number of piperidine rings is 1. The van der Waals surface area contributed by atoms with E-state index in [9.17, 15) is 24.3 Å². The predicted molar refractivity (Wildman–Crippen MR) is 188 cm³/mol. The molecule has 2 aliphatic rings. The minimum Gasteiger partial charge on any atom is -0.493 e. The van der Waals surface area contributed by atoms with Crippen LogP contribution >= 0.6 is 0 Å². The Morgan fingerprint density at radius 3 is 2.02 bits per heavy atom. The zero-order valence-electron chi connectivity index (χ0n) is 29.2. The van der Waals surface area contributed by atoms with Gasteiger partial charge in [-0.2, -0.15) is 0 Å². The fourth-order valence-corrected chi connectivity index (χ4v) is 7.04. The van der Waals surface area contributed by atoms with E-state index in [1.807, 2.05) is 64.1 Å². The first kappa shape index (κ1) is 35.6. The summed E-state index contributed by atoms with van der Waals surface area (Å²) in [6.45, 7) is 10.2. The third-order valence-electron chi connectivity index (χ3n) is 9.77. The first-order valence-corrected chi connectivity index (χ1v) is 16.9. The molecule has 1 aliphatic heterocycles. The number of ketones is 1. The number of aryl methyl sites for hydroxylation is 4. The van der Waals surface area contributed by atoms with Gasteiger partial charge < -0.3 is 30.1 Å². The van der Waals surface area contributed by atoms with Crippen molar-refractivity contribution in [1.82, 2.24) is 4.90 Å². The van der Waals surface area contributed by atoms with Gasteiger partial charge in [0.1, 0.15) is 11.7 Å². The van der Waals surface area contributed by atoms with Gasteiger partial charge in [-0.25, -0.2) is 0 Å². The normalized spacial score (nSPS) is 22.3. The molecule has 10 heteroatoms. The number of likely N-dealkylation sites (tertiary alicyclic amines) is 1. The summed E-state index contributed by atoms with van der Waals surface area (Å²) < 4.78 is 11.6. The van der Waals surface area contributed by atoms with Gasteiger partial charge in [0.05, 0.1) is 18.6 Å². The van der Waals surface area contributed by atoms with Crippen molar-refractivity contribution in [2.45, 2.75) is 71.8 Å². The zero-order chi connectivity index (χ0) is 35.5. The lowest BCUT2D eigenvalue weighted by atomic mass is 9.61. The topological polar surface area (TPSA) is 134 Å². The van der Waals surface area contributed by atoms with E-state index in [1.54, 1.807) is 23.1 Å². The van der Waals surface area contributed by atoms with Crippen LogP contribution in [0.3, 0.4) is 0 Å². The fourth-order valence-electron chi connectivity index (χ4n) is 7.04. The van der Waals surface area contributed by atoms with Crippen LogP contribution in [0.4, 0.5) is 11.4 Å². The van der Waals surface area contributed by atoms with Crippen LogP contribution in [0.15, 0.2) is 54.6 Å². The van der Waals surface area contributed by atoms with E-state index in [-0.39, 0.29) is 18.3 Å². The van der Waals surface area contributed by atoms with E-state index in [4.69, 9.17) is 9.47 Å². The smallest absolute Gasteiger partial charge is 0.260 e. The quantitative estimate of drug-likeness (QED) is 0.251. The number of ether oxygens (including phenoxy) is 2. The van der Waals surface area contributed by atoms with Crippen LogP contribution in [0.1, 0.15) is 66.3 Å². The Labute approximate surface area is 288 Å². The summed E-state index contributed by atoms with van der Waals surface area (Å²) >= 11 is 0. The number of methoxy groups -OCH3 is 1. The second kappa shape index (κ2) is 14.8. The second-order valence-corrected chi connectivity index (χ2v) is 13.7. The van der Waals surface area contributed by atoms with Gasteiger partial charge in [-0.1, -0.05) is 30.3 Å². The number of hydrogen-bond donors (Lipinski definition) is 3. The first-order valence-electron chi connectivity index (χ1n) is 16.9. The van der Waals surface area contributed by atoms with Gasteiger partial charge in [-0.05, 0) is 106 Å². The van der Waals surface area contributed by atoms with Gasteiger partial charge in [0.25, 0.3) is 5.91 Å². The molecule has 3 N–H and O–H groups in total. The molecule has 1 aliphatic carbocycles. The van der Waals surface area contributed by atoms with E-state index in [0.29, 0.717) is 35.8 Å². The number of carbonyl (C=O) groups is 4. The zero-order valence-corrected chi connectivity index (χ0v) is 29.2. The Morgan fingerprint density at radius 1 is 0.837 bits per heavy atom. The minimum atomic E-state index is -1.79. The molecular formula is C39H47N3O7. The summed E-state index contributed by atoms with van der Waals surface area (Å²) in [5.41, 5.74) is 3.29. The maximum absolute atomic E-state index is 14.3. The van der Waals surface area contributed by atoms with E-state index in [1.165, 1.54) is 14.0 Å². The van der Waals surface area contributed by atoms with Crippen molar-refractivity contribution < 1.29 is 33.8 Å². The highest BCUT2D eigenvalue weighted by atomic mass is 16.5. The average Bonchev–Trinajstić information content (AvgIpc) is 3.06. The molecular weight excluding hydrogens is 622 g/mol. The maximum Gasteiger partial charge on any atom is 0.260 e. The molecule has 4 atom stereocenters. The molecule has 260 valence electrons. The van der Waals surface area contributed by atoms with Crippen molar-refractivity contribution in [2.75, 3.05) is 37.4 Å². The van der Waals surface area contributed by atoms with E-state index in [0.717, 1.165) is 41.5 Å². The second-order valence-electron chi connectivity index (χ2n) is 13.7. The van der Waals surface area contributed by atoms with Crippen LogP contribution in [0.25, 0.3) is 0 Å². The number of anilines is 2. The highest BCUT2D eigenvalue weighted by Gasteiger charge is 2.56. The van der Waals surface area contributed by atoms with Crippen molar-refractivity contribution in [3.63, 3.8) is 0 Å². The number of carbonyl (C=O) groups excluding carboxylic acids is 4. The molecule has 0 radical (unpaired) electrons. The molecule has 49 heavy (non-hydrogen) atoms. The Bertz CT molecular complexity index is 1740. The number of amides is 3. The van der Waals surface area contributed by atoms with Crippen molar-refractivity contribution in [1.29, 1.82) is 0 Å². The Morgan fingerprint density at radius 2 is 1.43 bits per heavy atom. The summed E-state index contributed by atoms with van der Waals surface area (Å²) in [6, 6.07) is 16.2. The number of nitrogens with one attached hydrogen (secondary N) is 2. The Hall–Kier alpha value is -4.70. The SMILES string of the molecule is COc1cc(C2C(C(=O)Nc3cc(C)ccc3C)C(=O)CC(C)(O)C2C(=O)Nc2cc(C)ccc2C)ccc1OCC(=O)N1CCCCC1. The standard InChI is InChI=1S/C39H47N3O7/c1-23-10-12-25(3)28(18-23)40-37(45)35-30(43)21-39(5,47)36(38(46)41-29-19-24(2)11-13-26(29)4)34(35)27-14-15-31(32(20-27)48-6)49-22-33(44)42-16-8-7-9-17-42/h10-15,18-20,34-36,47H,7-9,16-17,21-22H2,1-6H3,(H,40,45)(H,41,46). The highest BCUT2D eigenvalue weighted by molar-refractivity contribution is 6.10. The summed E-state index contributed by atoms with van der Waals surface area (Å²) in [6.07, 6.45) is 2.63. The van der Waals surface area contributed by atoms with E-state index >= 15 is 0 Å². The lowest BCUT2D eigenvalue weighted by molar-refractivity contribution is -0.151. The van der Waals surface area contributed by atoms with Crippen LogP contribution in [-0.4, -0.2) is 65.9 Å². The van der Waals surface area contributed by atoms with Crippen LogP contribution in [0.2, 0.25) is 0 Å². The molecule has 3 amide bonds. The molecule has 0 spiro atoms. The number of nitrogens with zero attached hydrogens (tertiary/aromatic N) is 1. The number of hydrogen-bond acceptors (Lipinski definition) is 7. The summed E-state index contributed by atoms with van der Waals surface area (Å²) in [5.74, 6) is -4.73. The lowest BCUT2D eigenvalue weighted by Gasteiger charge is -2.44. The average molecular weight is 670 g/mol. The molecule has 5 rings (SSSR count). The monoisotopic (exact) mass is 669 g/mol. The molecule has 0 aromatic heterocycles. The number of aliphatic hydroxyl groups is 1. The van der Waals surface area contributed by atoms with Gasteiger partial charge in [-0.3, -0.25) is 19.2 Å². The van der Waals surface area contributed by atoms with Crippen LogP contribution in [0, 0.1) is 39.5 Å². The van der Waals surface area contributed by atoms with Gasteiger partial charge in [0.2, 0.25) is 11.8 Å². The molecule has 3 aromatic carbocycles. The minimum absolute atomic E-state index is 0.119. The van der Waals surface area contributed by atoms with Crippen molar-refractivity contribution in [3.8, 4) is 11.5 Å². The maximum atomic E-state index is 14.3. The Kier molecular flexibility index (Phi) is 10.8. The summed E-state index contributed by atoms with van der Waals surface area (Å²) in [4.78, 5) is 57.0. The highest BCUT2D eigenvalue weighted by Crippen LogP contribution is 2.48. The van der Waals surface area contributed by atoms with E-state index < -0.39 is 47.4 Å². The molecule has 1 saturated carbocycles. The summed E-state index contributed by atoms with van der Waals surface area (Å²) in [5, 5.41) is 17.7. The molecule has 1 heterocycles. The van der Waals surface area contributed by atoms with Crippen LogP contribution in [0.5, 0.6) is 11.5 Å². The predicted octanol–water partition coefficient (Wildman–Crippen LogP) is 5.64. The number of Topliss-reactive ketones (excluding diaryl/α,β-unsaturated/α-hetero) is 1. The van der Waals surface area contributed by atoms with E-state index in [2.05, 4.69) is 10.6 Å². The fraction of sp³-hybridized carbons (Fsp3) is 0.436. The molecule has 0 bridgehead atoms. The third-order valence-corrected chi connectivity index (χ3v) is 9.77. The molecule has 3 aromatic rings.